The number of carbonyl (C=O) groups is 2. The van der Waals surface area contributed by atoms with Gasteiger partial charge >= 0.3 is 5.97 Å². The van der Waals surface area contributed by atoms with Crippen LogP contribution in [-0.2, 0) is 20.9 Å². The van der Waals surface area contributed by atoms with E-state index in [1.54, 1.807) is 6.07 Å². The maximum atomic E-state index is 12.1. The van der Waals surface area contributed by atoms with E-state index in [1.165, 1.54) is 11.0 Å². The molecule has 0 aliphatic heterocycles. The van der Waals surface area contributed by atoms with Gasteiger partial charge in [0.05, 0.1) is 0 Å². The van der Waals surface area contributed by atoms with Gasteiger partial charge in [0.2, 0.25) is 0 Å². The van der Waals surface area contributed by atoms with Crippen LogP contribution in [0.3, 0.4) is 0 Å². The second-order valence-corrected chi connectivity index (χ2v) is 5.13. The SMILES string of the molecule is O=C(COC(=O)Cn1cnnn1)Nc1ccccc1-c1ccccc1. The van der Waals surface area contributed by atoms with Crippen molar-refractivity contribution < 1.29 is 14.3 Å². The minimum Gasteiger partial charge on any atom is -0.454 e. The molecule has 0 bridgehead atoms. The third-order valence-corrected chi connectivity index (χ3v) is 3.33. The summed E-state index contributed by atoms with van der Waals surface area (Å²) in [5.41, 5.74) is 2.51. The van der Waals surface area contributed by atoms with Gasteiger partial charge in [-0.05, 0) is 22.1 Å². The maximum Gasteiger partial charge on any atom is 0.328 e. The van der Waals surface area contributed by atoms with Crippen LogP contribution in [-0.4, -0.2) is 38.7 Å². The predicted octanol–water partition coefficient (Wildman–Crippen LogP) is 1.52. The van der Waals surface area contributed by atoms with Gasteiger partial charge in [0.1, 0.15) is 12.9 Å². The molecule has 1 N–H and O–H groups in total. The van der Waals surface area contributed by atoms with Gasteiger partial charge in [-0.15, -0.1) is 5.10 Å². The molecule has 0 unspecified atom stereocenters. The van der Waals surface area contributed by atoms with Gasteiger partial charge in [-0.2, -0.15) is 0 Å². The summed E-state index contributed by atoms with van der Waals surface area (Å²) in [4.78, 5) is 23.7. The highest BCUT2D eigenvalue weighted by atomic mass is 16.5. The first-order valence-electron chi connectivity index (χ1n) is 7.53. The zero-order chi connectivity index (χ0) is 17.5. The lowest BCUT2D eigenvalue weighted by Crippen LogP contribution is -2.23. The van der Waals surface area contributed by atoms with Crippen molar-refractivity contribution in [1.82, 2.24) is 20.2 Å². The fourth-order valence-corrected chi connectivity index (χ4v) is 2.22. The minimum atomic E-state index is -0.598. The van der Waals surface area contributed by atoms with Crippen molar-refractivity contribution >= 4 is 17.6 Å². The van der Waals surface area contributed by atoms with E-state index < -0.39 is 11.9 Å². The summed E-state index contributed by atoms with van der Waals surface area (Å²) in [5.74, 6) is -1.02. The summed E-state index contributed by atoms with van der Waals surface area (Å²) in [7, 11) is 0. The number of anilines is 1. The molecule has 3 rings (SSSR count). The van der Waals surface area contributed by atoms with Gasteiger partial charge in [-0.3, -0.25) is 9.59 Å². The number of nitrogens with zero attached hydrogens (tertiary/aromatic N) is 4. The van der Waals surface area contributed by atoms with E-state index >= 15 is 0 Å². The molecule has 0 aliphatic carbocycles. The zero-order valence-corrected chi connectivity index (χ0v) is 13.2. The van der Waals surface area contributed by atoms with Crippen LogP contribution in [0.4, 0.5) is 5.69 Å². The van der Waals surface area contributed by atoms with E-state index in [1.807, 2.05) is 48.5 Å². The predicted molar refractivity (Wildman–Crippen MR) is 89.3 cm³/mol. The molecule has 0 atom stereocenters. The molecule has 25 heavy (non-hydrogen) atoms. The topological polar surface area (TPSA) is 99.0 Å². The number of ether oxygens (including phenoxy) is 1. The molecule has 0 saturated carbocycles. The summed E-state index contributed by atoms with van der Waals surface area (Å²) >= 11 is 0. The summed E-state index contributed by atoms with van der Waals surface area (Å²) in [5, 5.41) is 13.1. The molecule has 2 aromatic carbocycles. The zero-order valence-electron chi connectivity index (χ0n) is 13.2. The molecule has 8 nitrogen and oxygen atoms in total. The summed E-state index contributed by atoms with van der Waals surface area (Å²) in [6.45, 7) is -0.537. The van der Waals surface area contributed by atoms with E-state index in [-0.39, 0.29) is 13.2 Å². The highest BCUT2D eigenvalue weighted by Gasteiger charge is 2.11. The van der Waals surface area contributed by atoms with Gasteiger partial charge in [-0.25, -0.2) is 4.68 Å². The molecule has 0 spiro atoms. The van der Waals surface area contributed by atoms with Gasteiger partial charge < -0.3 is 10.1 Å². The molecule has 8 heteroatoms. The summed E-state index contributed by atoms with van der Waals surface area (Å²) in [6.07, 6.45) is 1.29. The van der Waals surface area contributed by atoms with Crippen LogP contribution in [0.25, 0.3) is 11.1 Å². The van der Waals surface area contributed by atoms with Crippen LogP contribution in [0, 0.1) is 0 Å². The van der Waals surface area contributed by atoms with Crippen LogP contribution < -0.4 is 5.32 Å². The highest BCUT2D eigenvalue weighted by molar-refractivity contribution is 5.96. The Bertz CT molecular complexity index is 850. The van der Waals surface area contributed by atoms with Crippen LogP contribution >= 0.6 is 0 Å². The highest BCUT2D eigenvalue weighted by Crippen LogP contribution is 2.27. The Morgan fingerprint density at radius 2 is 1.80 bits per heavy atom. The molecule has 0 aliphatic rings. The first-order chi connectivity index (χ1) is 12.2. The lowest BCUT2D eigenvalue weighted by Gasteiger charge is -2.11. The summed E-state index contributed by atoms with van der Waals surface area (Å²) in [6, 6.07) is 17.1. The Morgan fingerprint density at radius 3 is 2.56 bits per heavy atom. The van der Waals surface area contributed by atoms with Crippen LogP contribution in [0.2, 0.25) is 0 Å². The van der Waals surface area contributed by atoms with E-state index in [2.05, 4.69) is 20.8 Å². The molecule has 0 fully saturated rings. The standard InChI is InChI=1S/C17H15N5O3/c23-16(11-25-17(24)10-22-12-18-20-21-22)19-15-9-5-4-8-14(15)13-6-2-1-3-7-13/h1-9,12H,10-11H2,(H,19,23). The third-order valence-electron chi connectivity index (χ3n) is 3.33. The van der Waals surface area contributed by atoms with Gasteiger partial charge in [0.15, 0.2) is 6.61 Å². The number of para-hydroxylation sites is 1. The van der Waals surface area contributed by atoms with Gasteiger partial charge in [0.25, 0.3) is 5.91 Å². The quantitative estimate of drug-likeness (QED) is 0.685. The first kappa shape index (κ1) is 16.3. The van der Waals surface area contributed by atoms with Crippen LogP contribution in [0.1, 0.15) is 0 Å². The smallest absolute Gasteiger partial charge is 0.328 e. The largest absolute Gasteiger partial charge is 0.454 e. The van der Waals surface area contributed by atoms with E-state index in [4.69, 9.17) is 4.74 Å². The average Bonchev–Trinajstić information content (AvgIpc) is 3.14. The lowest BCUT2D eigenvalue weighted by atomic mass is 10.0. The number of hydrogen-bond acceptors (Lipinski definition) is 6. The second-order valence-electron chi connectivity index (χ2n) is 5.13. The minimum absolute atomic E-state index is 0.152. The molecule has 1 heterocycles. The van der Waals surface area contributed by atoms with E-state index in [0.29, 0.717) is 5.69 Å². The van der Waals surface area contributed by atoms with E-state index in [0.717, 1.165) is 11.1 Å². The lowest BCUT2D eigenvalue weighted by molar-refractivity contribution is -0.148. The fraction of sp³-hybridized carbons (Fsp3) is 0.118. The Hall–Kier alpha value is -3.55. The average molecular weight is 337 g/mol. The summed E-state index contributed by atoms with van der Waals surface area (Å²) < 4.78 is 6.14. The molecule has 3 aromatic rings. The normalized spacial score (nSPS) is 10.2. The Morgan fingerprint density at radius 1 is 1.04 bits per heavy atom. The number of nitrogens with one attached hydrogen (secondary N) is 1. The fourth-order valence-electron chi connectivity index (χ4n) is 2.22. The van der Waals surface area contributed by atoms with Crippen LogP contribution in [0.15, 0.2) is 60.9 Å². The Kier molecular flexibility index (Phi) is 5.10. The number of esters is 1. The van der Waals surface area contributed by atoms with Crippen molar-refractivity contribution in [3.63, 3.8) is 0 Å². The molecule has 1 amide bonds. The number of carbonyl (C=O) groups excluding carboxylic acids is 2. The van der Waals surface area contributed by atoms with Gasteiger partial charge in [0, 0.05) is 11.3 Å². The molecule has 126 valence electrons. The van der Waals surface area contributed by atoms with Crippen molar-refractivity contribution in [3.05, 3.63) is 60.9 Å². The number of rotatable bonds is 6. The van der Waals surface area contributed by atoms with Crippen molar-refractivity contribution in [1.29, 1.82) is 0 Å². The number of benzene rings is 2. The maximum absolute atomic E-state index is 12.1. The van der Waals surface area contributed by atoms with Crippen LogP contribution in [0.5, 0.6) is 0 Å². The number of tetrazole rings is 1. The van der Waals surface area contributed by atoms with Crippen molar-refractivity contribution in [2.45, 2.75) is 6.54 Å². The van der Waals surface area contributed by atoms with Crippen molar-refractivity contribution in [2.24, 2.45) is 0 Å². The number of aromatic nitrogens is 4. The van der Waals surface area contributed by atoms with E-state index in [9.17, 15) is 9.59 Å². The molecule has 1 aromatic heterocycles. The number of hydrogen-bond donors (Lipinski definition) is 1. The van der Waals surface area contributed by atoms with Crippen molar-refractivity contribution in [3.8, 4) is 11.1 Å². The molecule has 0 saturated heterocycles. The van der Waals surface area contributed by atoms with Gasteiger partial charge in [-0.1, -0.05) is 48.5 Å². The molecule has 0 radical (unpaired) electrons. The Balaban J connectivity index is 1.59. The molecular formula is C17H15N5O3. The number of amides is 1. The first-order valence-corrected chi connectivity index (χ1v) is 7.53. The second kappa shape index (κ2) is 7.82. The monoisotopic (exact) mass is 337 g/mol. The third kappa shape index (κ3) is 4.47. The van der Waals surface area contributed by atoms with Crippen molar-refractivity contribution in [2.75, 3.05) is 11.9 Å². The Labute approximate surface area is 143 Å². The molecular weight excluding hydrogens is 322 g/mol.